The average molecular weight is 276 g/mol. The molecule has 0 saturated carbocycles. The Morgan fingerprint density at radius 3 is 2.90 bits per heavy atom. The molecule has 0 fully saturated rings. The maximum atomic E-state index is 12.3. The molecule has 2 atom stereocenters. The molecule has 1 amide bonds. The van der Waals surface area contributed by atoms with Crippen LogP contribution in [0.3, 0.4) is 0 Å². The van der Waals surface area contributed by atoms with Crippen LogP contribution in [0.2, 0.25) is 0 Å². The second-order valence-electron chi connectivity index (χ2n) is 5.11. The van der Waals surface area contributed by atoms with Crippen LogP contribution in [-0.4, -0.2) is 29.6 Å². The predicted octanol–water partition coefficient (Wildman–Crippen LogP) is 1.96. The fraction of sp³-hybridized carbons (Fsp3) is 0.467. The molecule has 1 heterocycles. The number of hydrogen-bond acceptors (Lipinski definition) is 3. The number of carbonyl (C=O) groups is 2. The van der Waals surface area contributed by atoms with Crippen LogP contribution < -0.4 is 10.6 Å². The summed E-state index contributed by atoms with van der Waals surface area (Å²) in [4.78, 5) is 23.2. The van der Waals surface area contributed by atoms with Gasteiger partial charge in [0.25, 0.3) is 0 Å². The summed E-state index contributed by atoms with van der Waals surface area (Å²) >= 11 is 0. The maximum absolute atomic E-state index is 12.3. The van der Waals surface area contributed by atoms with Crippen molar-refractivity contribution in [2.24, 2.45) is 0 Å². The highest BCUT2D eigenvalue weighted by atomic mass is 16.4. The summed E-state index contributed by atoms with van der Waals surface area (Å²) in [7, 11) is 0. The minimum absolute atomic E-state index is 0.0264. The van der Waals surface area contributed by atoms with E-state index in [0.717, 1.165) is 17.7 Å². The molecular formula is C15H20N2O3. The molecule has 0 spiro atoms. The van der Waals surface area contributed by atoms with Crippen molar-refractivity contribution in [3.05, 3.63) is 29.8 Å². The van der Waals surface area contributed by atoms with Crippen LogP contribution in [0.5, 0.6) is 0 Å². The highest BCUT2D eigenvalue weighted by Crippen LogP contribution is 2.31. The van der Waals surface area contributed by atoms with Crippen LogP contribution in [-0.2, 0) is 9.59 Å². The minimum atomic E-state index is -0.881. The van der Waals surface area contributed by atoms with Crippen LogP contribution in [0.25, 0.3) is 0 Å². The number of rotatable bonds is 6. The Morgan fingerprint density at radius 1 is 1.45 bits per heavy atom. The van der Waals surface area contributed by atoms with Gasteiger partial charge in [-0.3, -0.25) is 9.59 Å². The number of para-hydroxylation sites is 1. The van der Waals surface area contributed by atoms with Crippen molar-refractivity contribution in [3.63, 3.8) is 0 Å². The van der Waals surface area contributed by atoms with Crippen LogP contribution in [0.4, 0.5) is 5.69 Å². The number of carbonyl (C=O) groups excluding carboxylic acids is 1. The van der Waals surface area contributed by atoms with Gasteiger partial charge in [-0.15, -0.1) is 0 Å². The average Bonchev–Trinajstić information content (AvgIpc) is 2.82. The molecule has 1 aliphatic rings. The van der Waals surface area contributed by atoms with E-state index in [1.807, 2.05) is 31.2 Å². The van der Waals surface area contributed by atoms with E-state index in [4.69, 9.17) is 5.11 Å². The van der Waals surface area contributed by atoms with Gasteiger partial charge >= 0.3 is 5.97 Å². The monoisotopic (exact) mass is 276 g/mol. The van der Waals surface area contributed by atoms with Gasteiger partial charge in [0.1, 0.15) is 0 Å². The molecule has 1 aliphatic heterocycles. The number of aliphatic carboxylic acids is 1. The number of fused-ring (bicyclic) bond motifs is 1. The van der Waals surface area contributed by atoms with Crippen LogP contribution >= 0.6 is 0 Å². The number of carboxylic acids is 1. The molecule has 5 heteroatoms. The third-order valence-electron chi connectivity index (χ3n) is 3.55. The Labute approximate surface area is 118 Å². The zero-order chi connectivity index (χ0) is 14.5. The third-order valence-corrected chi connectivity index (χ3v) is 3.55. The van der Waals surface area contributed by atoms with Crippen molar-refractivity contribution in [2.45, 2.75) is 38.1 Å². The highest BCUT2D eigenvalue weighted by molar-refractivity contribution is 5.88. The van der Waals surface area contributed by atoms with E-state index in [9.17, 15) is 9.59 Å². The Kier molecular flexibility index (Phi) is 4.61. The Hall–Kier alpha value is -2.04. The number of hydrogen-bond donors (Lipinski definition) is 3. The minimum Gasteiger partial charge on any atom is -0.481 e. The third kappa shape index (κ3) is 3.29. The van der Waals surface area contributed by atoms with Gasteiger partial charge in [0.05, 0.1) is 12.3 Å². The maximum Gasteiger partial charge on any atom is 0.305 e. The van der Waals surface area contributed by atoms with Crippen molar-refractivity contribution in [1.29, 1.82) is 0 Å². The quantitative estimate of drug-likeness (QED) is 0.742. The second-order valence-corrected chi connectivity index (χ2v) is 5.11. The van der Waals surface area contributed by atoms with Crippen LogP contribution in [0.1, 0.15) is 37.7 Å². The van der Waals surface area contributed by atoms with Crippen molar-refractivity contribution in [1.82, 2.24) is 5.32 Å². The number of amides is 1. The lowest BCUT2D eigenvalue weighted by molar-refractivity contribution is -0.137. The molecule has 3 N–H and O–H groups in total. The van der Waals surface area contributed by atoms with Gasteiger partial charge in [-0.25, -0.2) is 0 Å². The predicted molar refractivity (Wildman–Crippen MR) is 76.8 cm³/mol. The first-order chi connectivity index (χ1) is 9.61. The van der Waals surface area contributed by atoms with E-state index >= 15 is 0 Å². The number of nitrogens with one attached hydrogen (secondary N) is 2. The first-order valence-corrected chi connectivity index (χ1v) is 6.96. The number of carboxylic acid groups (broad SMARTS) is 1. The largest absolute Gasteiger partial charge is 0.481 e. The fourth-order valence-corrected chi connectivity index (χ4v) is 2.60. The summed E-state index contributed by atoms with van der Waals surface area (Å²) in [6.07, 6.45) is 1.50. The summed E-state index contributed by atoms with van der Waals surface area (Å²) < 4.78 is 0. The van der Waals surface area contributed by atoms with Gasteiger partial charge in [-0.2, -0.15) is 0 Å². The SMILES string of the molecule is CCCC(CC(=O)O)NC(=O)C1CNc2ccccc21. The Morgan fingerprint density at radius 2 is 2.20 bits per heavy atom. The van der Waals surface area contributed by atoms with E-state index in [2.05, 4.69) is 10.6 Å². The lowest BCUT2D eigenvalue weighted by atomic mass is 9.99. The van der Waals surface area contributed by atoms with E-state index < -0.39 is 5.97 Å². The van der Waals surface area contributed by atoms with Crippen LogP contribution in [0.15, 0.2) is 24.3 Å². The lowest BCUT2D eigenvalue weighted by Crippen LogP contribution is -2.39. The topological polar surface area (TPSA) is 78.4 Å². The molecule has 2 rings (SSSR count). The van der Waals surface area contributed by atoms with Crippen molar-refractivity contribution >= 4 is 17.6 Å². The van der Waals surface area contributed by atoms with E-state index in [0.29, 0.717) is 13.0 Å². The molecular weight excluding hydrogens is 256 g/mol. The summed E-state index contributed by atoms with van der Waals surface area (Å²) in [5, 5.41) is 15.0. The molecule has 0 aliphatic carbocycles. The van der Waals surface area contributed by atoms with E-state index in [1.54, 1.807) is 0 Å². The van der Waals surface area contributed by atoms with Gasteiger partial charge in [0.15, 0.2) is 0 Å². The first-order valence-electron chi connectivity index (χ1n) is 6.96. The summed E-state index contributed by atoms with van der Waals surface area (Å²) in [6, 6.07) is 7.43. The van der Waals surface area contributed by atoms with Gasteiger partial charge in [-0.05, 0) is 18.1 Å². The number of benzene rings is 1. The zero-order valence-electron chi connectivity index (χ0n) is 11.6. The molecule has 20 heavy (non-hydrogen) atoms. The number of anilines is 1. The van der Waals surface area contributed by atoms with Gasteiger partial charge < -0.3 is 15.7 Å². The van der Waals surface area contributed by atoms with Gasteiger partial charge in [-0.1, -0.05) is 31.5 Å². The first kappa shape index (κ1) is 14.4. The summed E-state index contributed by atoms with van der Waals surface area (Å²) in [6.45, 7) is 2.55. The van der Waals surface area contributed by atoms with Crippen molar-refractivity contribution < 1.29 is 14.7 Å². The zero-order valence-corrected chi connectivity index (χ0v) is 11.6. The molecule has 0 saturated heterocycles. The van der Waals surface area contributed by atoms with Gasteiger partial charge in [0, 0.05) is 18.3 Å². The Bertz CT molecular complexity index is 502. The van der Waals surface area contributed by atoms with Crippen molar-refractivity contribution in [3.8, 4) is 0 Å². The normalized spacial score (nSPS) is 17.9. The van der Waals surface area contributed by atoms with Gasteiger partial charge in [0.2, 0.25) is 5.91 Å². The van der Waals surface area contributed by atoms with Crippen LogP contribution in [0, 0.1) is 0 Å². The van der Waals surface area contributed by atoms with E-state index in [-0.39, 0.29) is 24.3 Å². The summed E-state index contributed by atoms with van der Waals surface area (Å²) in [5.41, 5.74) is 1.97. The fourth-order valence-electron chi connectivity index (χ4n) is 2.60. The summed E-state index contributed by atoms with van der Waals surface area (Å²) in [5.74, 6) is -1.21. The standard InChI is InChI=1S/C15H20N2O3/c1-2-5-10(8-14(18)19)17-15(20)12-9-16-13-7-4-3-6-11(12)13/h3-4,6-7,10,12,16H,2,5,8-9H2,1H3,(H,17,20)(H,18,19). The second kappa shape index (κ2) is 6.41. The smallest absolute Gasteiger partial charge is 0.305 e. The highest BCUT2D eigenvalue weighted by Gasteiger charge is 2.29. The molecule has 0 radical (unpaired) electrons. The van der Waals surface area contributed by atoms with Crippen molar-refractivity contribution in [2.75, 3.05) is 11.9 Å². The lowest BCUT2D eigenvalue weighted by Gasteiger charge is -2.19. The molecule has 1 aromatic rings. The molecule has 2 unspecified atom stereocenters. The molecule has 0 aromatic heterocycles. The molecule has 5 nitrogen and oxygen atoms in total. The Balaban J connectivity index is 2.03. The molecule has 108 valence electrons. The molecule has 1 aromatic carbocycles. The molecule has 0 bridgehead atoms. The van der Waals surface area contributed by atoms with E-state index in [1.165, 1.54) is 0 Å².